The summed E-state index contributed by atoms with van der Waals surface area (Å²) in [6.07, 6.45) is 0. The Morgan fingerprint density at radius 2 is 1.58 bits per heavy atom. The second-order valence-corrected chi connectivity index (χ2v) is 4.93. The molecule has 0 N–H and O–H groups in total. The Kier molecular flexibility index (Phi) is 14.4. The zero-order valence-corrected chi connectivity index (χ0v) is 15.2. The van der Waals surface area contributed by atoms with Crippen LogP contribution in [0.4, 0.5) is 0 Å². The van der Waals surface area contributed by atoms with Crippen molar-refractivity contribution in [3.63, 3.8) is 0 Å². The summed E-state index contributed by atoms with van der Waals surface area (Å²) in [6, 6.07) is 0. The van der Waals surface area contributed by atoms with Gasteiger partial charge in [-0.1, -0.05) is 6.58 Å². The van der Waals surface area contributed by atoms with Gasteiger partial charge in [-0.2, -0.15) is 0 Å². The van der Waals surface area contributed by atoms with E-state index in [1.54, 1.807) is 6.92 Å². The van der Waals surface area contributed by atoms with Gasteiger partial charge in [0.05, 0.1) is 42.3 Å². The molecule has 0 saturated heterocycles. The fraction of sp³-hybridized carbons (Fsp3) is 0.700. The van der Waals surface area contributed by atoms with E-state index in [2.05, 4.69) is 6.58 Å². The Hall–Kier alpha value is 0.676. The van der Waals surface area contributed by atoms with Crippen molar-refractivity contribution in [2.24, 2.45) is 0 Å². The molecule has 7 nitrogen and oxygen atoms in total. The van der Waals surface area contributed by atoms with Crippen molar-refractivity contribution in [1.29, 1.82) is 0 Å². The molecule has 0 aliphatic carbocycles. The van der Waals surface area contributed by atoms with Crippen LogP contribution in [0, 0.1) is 0 Å². The molecule has 0 aliphatic heterocycles. The molecule has 0 bridgehead atoms. The van der Waals surface area contributed by atoms with Gasteiger partial charge >= 0.3 is 57.4 Å². The van der Waals surface area contributed by atoms with Gasteiger partial charge in [-0.15, -0.1) is 0 Å². The molecule has 19 heavy (non-hydrogen) atoms. The molecule has 0 heterocycles. The smallest absolute Gasteiger partial charge is 0.748 e. The molecule has 0 unspecified atom stereocenters. The van der Waals surface area contributed by atoms with Crippen molar-refractivity contribution in [1.82, 2.24) is 0 Å². The van der Waals surface area contributed by atoms with E-state index in [1.165, 1.54) is 0 Å². The van der Waals surface area contributed by atoms with Gasteiger partial charge < -0.3 is 18.8 Å². The second kappa shape index (κ2) is 12.4. The van der Waals surface area contributed by atoms with Crippen molar-refractivity contribution in [2.75, 3.05) is 38.8 Å². The fourth-order valence-corrected chi connectivity index (χ4v) is 1.12. The van der Waals surface area contributed by atoms with Crippen molar-refractivity contribution in [3.05, 3.63) is 12.2 Å². The average Bonchev–Trinajstić information content (AvgIpc) is 2.24. The SMILES string of the molecule is C=C(C)C(=O)OCCOCCOCCS(=O)(=O)[O-].[K+]. The summed E-state index contributed by atoms with van der Waals surface area (Å²) in [7, 11) is -4.22. The molecule has 0 radical (unpaired) electrons. The summed E-state index contributed by atoms with van der Waals surface area (Å²) in [5.74, 6) is -1.03. The third-order valence-corrected chi connectivity index (χ3v) is 2.33. The largest absolute Gasteiger partial charge is 1.00 e. The Bertz CT molecular complexity index is 366. The van der Waals surface area contributed by atoms with Crippen LogP contribution in [0.15, 0.2) is 12.2 Å². The number of hydrogen-bond donors (Lipinski definition) is 0. The number of carbonyl (C=O) groups excluding carboxylic acids is 1. The van der Waals surface area contributed by atoms with Crippen LogP contribution in [-0.4, -0.2) is 57.7 Å². The van der Waals surface area contributed by atoms with Crippen LogP contribution in [0.1, 0.15) is 6.92 Å². The fourth-order valence-electron chi connectivity index (χ4n) is 0.799. The number of carbonyl (C=O) groups is 1. The molecular weight excluding hydrogens is 303 g/mol. The molecular formula is C10H17KO7S. The van der Waals surface area contributed by atoms with Gasteiger partial charge in [0.15, 0.2) is 0 Å². The third kappa shape index (κ3) is 16.6. The van der Waals surface area contributed by atoms with Crippen LogP contribution in [0.3, 0.4) is 0 Å². The molecule has 106 valence electrons. The van der Waals surface area contributed by atoms with E-state index >= 15 is 0 Å². The van der Waals surface area contributed by atoms with Crippen LogP contribution in [-0.2, 0) is 29.1 Å². The first kappa shape index (κ1) is 22.0. The first-order valence-corrected chi connectivity index (χ1v) is 6.82. The maximum atomic E-state index is 10.9. The molecule has 0 aromatic carbocycles. The summed E-state index contributed by atoms with van der Waals surface area (Å²) in [6.45, 7) is 5.52. The molecule has 0 fully saturated rings. The zero-order valence-electron chi connectivity index (χ0n) is 11.2. The first-order valence-electron chi connectivity index (χ1n) is 5.24. The Morgan fingerprint density at radius 1 is 1.11 bits per heavy atom. The van der Waals surface area contributed by atoms with E-state index < -0.39 is 21.8 Å². The number of rotatable bonds is 10. The standard InChI is InChI=1S/C10H18O7S.K/c1-9(2)10(11)17-6-5-15-3-4-16-7-8-18(12,13)14;/h1,3-8H2,2H3,(H,12,13,14);/q;+1/p-1. The predicted octanol–water partition coefficient (Wildman–Crippen LogP) is -3.31. The van der Waals surface area contributed by atoms with Gasteiger partial charge in [0, 0.05) is 5.57 Å². The molecule has 0 saturated carbocycles. The molecule has 0 amide bonds. The predicted molar refractivity (Wildman–Crippen MR) is 62.0 cm³/mol. The van der Waals surface area contributed by atoms with Gasteiger partial charge in [-0.05, 0) is 6.92 Å². The molecule has 0 aromatic heterocycles. The first-order chi connectivity index (χ1) is 8.33. The monoisotopic (exact) mass is 320 g/mol. The summed E-state index contributed by atoms with van der Waals surface area (Å²) in [5.41, 5.74) is 0.317. The van der Waals surface area contributed by atoms with Crippen LogP contribution in [0.25, 0.3) is 0 Å². The molecule has 0 atom stereocenters. The van der Waals surface area contributed by atoms with E-state index in [1.807, 2.05) is 0 Å². The van der Waals surface area contributed by atoms with Gasteiger partial charge in [0.25, 0.3) is 0 Å². The third-order valence-electron chi connectivity index (χ3n) is 1.66. The topological polar surface area (TPSA) is 102 Å². The number of hydrogen-bond acceptors (Lipinski definition) is 7. The minimum absolute atomic E-state index is 0. The van der Waals surface area contributed by atoms with E-state index in [-0.39, 0.29) is 84.4 Å². The maximum absolute atomic E-state index is 10.9. The molecule has 0 spiro atoms. The Morgan fingerprint density at radius 3 is 2.05 bits per heavy atom. The number of esters is 1. The summed E-state index contributed by atoms with van der Waals surface area (Å²) < 4.78 is 45.2. The Labute approximate surface area is 155 Å². The van der Waals surface area contributed by atoms with Gasteiger partial charge in [0.1, 0.15) is 6.61 Å². The Balaban J connectivity index is 0. The van der Waals surface area contributed by atoms with Crippen molar-refractivity contribution < 1.29 is 83.4 Å². The number of ether oxygens (including phenoxy) is 3. The average molecular weight is 320 g/mol. The van der Waals surface area contributed by atoms with Crippen molar-refractivity contribution >= 4 is 16.1 Å². The molecule has 0 aliphatic rings. The molecule has 9 heteroatoms. The molecule has 0 aromatic rings. The summed E-state index contributed by atoms with van der Waals surface area (Å²) >= 11 is 0. The van der Waals surface area contributed by atoms with Crippen LogP contribution < -0.4 is 51.4 Å². The maximum Gasteiger partial charge on any atom is 1.00 e. The minimum Gasteiger partial charge on any atom is -0.748 e. The normalized spacial score (nSPS) is 10.6. The van der Waals surface area contributed by atoms with Crippen LogP contribution in [0.5, 0.6) is 0 Å². The van der Waals surface area contributed by atoms with Crippen molar-refractivity contribution in [2.45, 2.75) is 6.92 Å². The van der Waals surface area contributed by atoms with Gasteiger partial charge in [-0.25, -0.2) is 13.2 Å². The van der Waals surface area contributed by atoms with Crippen LogP contribution >= 0.6 is 0 Å². The van der Waals surface area contributed by atoms with E-state index in [4.69, 9.17) is 14.2 Å². The van der Waals surface area contributed by atoms with Gasteiger partial charge in [0.2, 0.25) is 0 Å². The van der Waals surface area contributed by atoms with Crippen molar-refractivity contribution in [3.8, 4) is 0 Å². The van der Waals surface area contributed by atoms with Crippen LogP contribution in [0.2, 0.25) is 0 Å². The summed E-state index contributed by atoms with van der Waals surface area (Å²) in [4.78, 5) is 10.9. The quantitative estimate of drug-likeness (QED) is 0.136. The second-order valence-electron chi connectivity index (χ2n) is 3.40. The van der Waals surface area contributed by atoms with E-state index in [0.29, 0.717) is 5.57 Å². The van der Waals surface area contributed by atoms with E-state index in [0.717, 1.165) is 0 Å². The summed E-state index contributed by atoms with van der Waals surface area (Å²) in [5, 5.41) is 0. The molecule has 0 rings (SSSR count). The van der Waals surface area contributed by atoms with E-state index in [9.17, 15) is 17.8 Å². The van der Waals surface area contributed by atoms with Gasteiger partial charge in [-0.3, -0.25) is 0 Å². The zero-order chi connectivity index (χ0) is 14.0. The minimum atomic E-state index is -4.22.